The molecule has 0 spiro atoms. The molecule has 0 saturated heterocycles. The van der Waals surface area contributed by atoms with E-state index in [-0.39, 0.29) is 0 Å². The van der Waals surface area contributed by atoms with Crippen molar-refractivity contribution in [2.45, 2.75) is 13.5 Å². The molecule has 2 heterocycles. The average molecular weight is 457 g/mol. The van der Waals surface area contributed by atoms with Crippen molar-refractivity contribution in [2.75, 3.05) is 7.11 Å². The second kappa shape index (κ2) is 7.77. The van der Waals surface area contributed by atoms with Crippen LogP contribution in [0.3, 0.4) is 0 Å². The number of carbonyl (C=O) groups excluding carboxylic acids is 1. The van der Waals surface area contributed by atoms with Gasteiger partial charge in [-0.25, -0.2) is 9.78 Å². The van der Waals surface area contributed by atoms with E-state index in [1.54, 1.807) is 6.33 Å². The molecule has 0 amide bonds. The molecule has 5 nitrogen and oxygen atoms in total. The summed E-state index contributed by atoms with van der Waals surface area (Å²) in [6, 6.07) is 15.8. The number of hydrogen-bond donors (Lipinski definition) is 0. The van der Waals surface area contributed by atoms with Crippen LogP contribution in [0.25, 0.3) is 16.0 Å². The number of aryl methyl sites for hydroxylation is 1. The zero-order valence-electron chi connectivity index (χ0n) is 15.3. The molecule has 0 fully saturated rings. The zero-order valence-corrected chi connectivity index (χ0v) is 17.7. The van der Waals surface area contributed by atoms with E-state index < -0.39 is 5.97 Å². The molecular formula is C21H17BrN2O3S. The minimum absolute atomic E-state index is 0.378. The summed E-state index contributed by atoms with van der Waals surface area (Å²) in [6.07, 6.45) is 1.75. The lowest BCUT2D eigenvalue weighted by Crippen LogP contribution is -2.03. The predicted molar refractivity (Wildman–Crippen MR) is 113 cm³/mol. The highest BCUT2D eigenvalue weighted by atomic mass is 79.9. The lowest BCUT2D eigenvalue weighted by atomic mass is 10.1. The maximum Gasteiger partial charge on any atom is 0.351 e. The van der Waals surface area contributed by atoms with Gasteiger partial charge in [-0.3, -0.25) is 4.57 Å². The third-order valence-corrected chi connectivity index (χ3v) is 6.04. The predicted octanol–water partition coefficient (Wildman–Crippen LogP) is 5.52. The van der Waals surface area contributed by atoms with Crippen LogP contribution in [-0.4, -0.2) is 22.6 Å². The van der Waals surface area contributed by atoms with Crippen molar-refractivity contribution in [1.29, 1.82) is 0 Å². The molecule has 0 saturated carbocycles. The standard InChI is InChI=1S/C21H17BrN2O3S/c1-13-5-3-4-6-14(13)11-27-18-10-19(28-20(18)21(25)26-2)24-12-23-16-8-7-15(22)9-17(16)24/h3-10,12H,11H2,1-2H3. The molecule has 7 heteroatoms. The number of fused-ring (bicyclic) bond motifs is 1. The van der Waals surface area contributed by atoms with E-state index in [9.17, 15) is 4.79 Å². The normalized spacial score (nSPS) is 11.0. The van der Waals surface area contributed by atoms with Gasteiger partial charge in [0.1, 0.15) is 23.7 Å². The number of thiophene rings is 1. The minimum Gasteiger partial charge on any atom is -0.487 e. The molecule has 0 unspecified atom stereocenters. The van der Waals surface area contributed by atoms with Crippen molar-refractivity contribution in [2.24, 2.45) is 0 Å². The molecule has 4 rings (SSSR count). The highest BCUT2D eigenvalue weighted by molar-refractivity contribution is 9.10. The molecular weight excluding hydrogens is 440 g/mol. The first-order valence-electron chi connectivity index (χ1n) is 8.59. The monoisotopic (exact) mass is 456 g/mol. The van der Waals surface area contributed by atoms with E-state index in [2.05, 4.69) is 20.9 Å². The number of rotatable bonds is 5. The van der Waals surface area contributed by atoms with Crippen molar-refractivity contribution in [3.8, 4) is 10.8 Å². The van der Waals surface area contributed by atoms with Gasteiger partial charge < -0.3 is 9.47 Å². The van der Waals surface area contributed by atoms with E-state index >= 15 is 0 Å². The number of nitrogens with zero attached hydrogens (tertiary/aromatic N) is 2. The van der Waals surface area contributed by atoms with E-state index in [4.69, 9.17) is 9.47 Å². The Morgan fingerprint density at radius 3 is 2.82 bits per heavy atom. The Bertz CT molecular complexity index is 1170. The van der Waals surface area contributed by atoms with Gasteiger partial charge in [0.15, 0.2) is 4.88 Å². The van der Waals surface area contributed by atoms with E-state index in [1.165, 1.54) is 18.4 Å². The van der Waals surface area contributed by atoms with Crippen molar-refractivity contribution >= 4 is 44.3 Å². The molecule has 2 aromatic heterocycles. The first kappa shape index (κ1) is 18.7. The summed E-state index contributed by atoms with van der Waals surface area (Å²) in [7, 11) is 1.37. The average Bonchev–Trinajstić information content (AvgIpc) is 3.30. The Kier molecular flexibility index (Phi) is 5.19. The van der Waals surface area contributed by atoms with Gasteiger partial charge in [-0.1, -0.05) is 40.2 Å². The van der Waals surface area contributed by atoms with Crippen molar-refractivity contribution in [3.63, 3.8) is 0 Å². The smallest absolute Gasteiger partial charge is 0.351 e. The number of benzene rings is 2. The fourth-order valence-electron chi connectivity index (χ4n) is 2.91. The largest absolute Gasteiger partial charge is 0.487 e. The summed E-state index contributed by atoms with van der Waals surface area (Å²) in [5, 5.41) is 0.834. The Morgan fingerprint density at radius 2 is 2.04 bits per heavy atom. The number of esters is 1. The number of methoxy groups -OCH3 is 1. The molecule has 0 atom stereocenters. The summed E-state index contributed by atoms with van der Waals surface area (Å²) in [6.45, 7) is 2.41. The topological polar surface area (TPSA) is 53.4 Å². The summed E-state index contributed by atoms with van der Waals surface area (Å²) < 4.78 is 13.9. The molecule has 0 aliphatic carbocycles. The number of carbonyl (C=O) groups is 1. The van der Waals surface area contributed by atoms with Crippen LogP contribution in [0.15, 0.2) is 59.3 Å². The maximum absolute atomic E-state index is 12.3. The summed E-state index contributed by atoms with van der Waals surface area (Å²) >= 11 is 4.82. The van der Waals surface area contributed by atoms with Crippen molar-refractivity contribution in [1.82, 2.24) is 9.55 Å². The van der Waals surface area contributed by atoms with Crippen LogP contribution >= 0.6 is 27.3 Å². The zero-order chi connectivity index (χ0) is 19.7. The summed E-state index contributed by atoms with van der Waals surface area (Å²) in [5.41, 5.74) is 4.03. The number of aromatic nitrogens is 2. The minimum atomic E-state index is -0.415. The van der Waals surface area contributed by atoms with Crippen molar-refractivity contribution in [3.05, 3.63) is 75.3 Å². The SMILES string of the molecule is COC(=O)c1sc(-n2cnc3ccc(Br)cc32)cc1OCc1ccccc1C. The van der Waals surface area contributed by atoms with Crippen LogP contribution in [0.1, 0.15) is 20.8 Å². The lowest BCUT2D eigenvalue weighted by Gasteiger charge is -2.08. The third-order valence-electron chi connectivity index (χ3n) is 4.45. The second-order valence-electron chi connectivity index (χ2n) is 6.23. The number of hydrogen-bond acceptors (Lipinski definition) is 5. The Balaban J connectivity index is 1.72. The first-order valence-corrected chi connectivity index (χ1v) is 10.2. The van der Waals surface area contributed by atoms with E-state index in [0.29, 0.717) is 17.2 Å². The van der Waals surface area contributed by atoms with Crippen LogP contribution in [0.2, 0.25) is 0 Å². The van der Waals surface area contributed by atoms with Gasteiger partial charge in [0.2, 0.25) is 0 Å². The molecule has 142 valence electrons. The lowest BCUT2D eigenvalue weighted by molar-refractivity contribution is 0.0601. The fraction of sp³-hybridized carbons (Fsp3) is 0.143. The molecule has 2 aromatic carbocycles. The van der Waals surface area contributed by atoms with Gasteiger partial charge in [-0.05, 0) is 36.2 Å². The number of halogens is 1. The number of ether oxygens (including phenoxy) is 2. The number of imidazole rings is 1. The van der Waals surface area contributed by atoms with Gasteiger partial charge in [0.25, 0.3) is 0 Å². The molecule has 28 heavy (non-hydrogen) atoms. The van der Waals surface area contributed by atoms with Gasteiger partial charge in [0, 0.05) is 10.5 Å². The molecule has 4 aromatic rings. The molecule has 0 bridgehead atoms. The van der Waals surface area contributed by atoms with E-state index in [0.717, 1.165) is 31.6 Å². The Hall–Kier alpha value is -2.64. The molecule has 0 aliphatic rings. The highest BCUT2D eigenvalue weighted by Crippen LogP contribution is 2.35. The highest BCUT2D eigenvalue weighted by Gasteiger charge is 2.20. The summed E-state index contributed by atoms with van der Waals surface area (Å²) in [4.78, 5) is 17.2. The van der Waals surface area contributed by atoms with Crippen LogP contribution in [-0.2, 0) is 11.3 Å². The Labute approximate surface area is 174 Å². The second-order valence-corrected chi connectivity index (χ2v) is 8.18. The third kappa shape index (κ3) is 3.55. The fourth-order valence-corrected chi connectivity index (χ4v) is 4.26. The van der Waals surface area contributed by atoms with Gasteiger partial charge in [-0.2, -0.15) is 0 Å². The molecule has 0 radical (unpaired) electrons. The van der Waals surface area contributed by atoms with E-state index in [1.807, 2.05) is 60.0 Å². The van der Waals surface area contributed by atoms with Crippen LogP contribution in [0.4, 0.5) is 0 Å². The molecule has 0 N–H and O–H groups in total. The van der Waals surface area contributed by atoms with Crippen LogP contribution in [0, 0.1) is 6.92 Å². The first-order chi connectivity index (χ1) is 13.6. The summed E-state index contributed by atoms with van der Waals surface area (Å²) in [5.74, 6) is 0.0913. The van der Waals surface area contributed by atoms with Gasteiger partial charge in [0.05, 0.1) is 18.1 Å². The van der Waals surface area contributed by atoms with Crippen LogP contribution in [0.5, 0.6) is 5.75 Å². The van der Waals surface area contributed by atoms with Gasteiger partial charge in [-0.15, -0.1) is 11.3 Å². The van der Waals surface area contributed by atoms with Crippen molar-refractivity contribution < 1.29 is 14.3 Å². The quantitative estimate of drug-likeness (QED) is 0.370. The van der Waals surface area contributed by atoms with Gasteiger partial charge >= 0.3 is 5.97 Å². The van der Waals surface area contributed by atoms with Crippen LogP contribution < -0.4 is 4.74 Å². The molecule has 0 aliphatic heterocycles. The maximum atomic E-state index is 12.3. The Morgan fingerprint density at radius 1 is 1.21 bits per heavy atom.